The largest absolute Gasteiger partial charge is 0.480 e. The molecule has 1 saturated carbocycles. The quantitative estimate of drug-likeness (QED) is 0.0472. The van der Waals surface area contributed by atoms with E-state index in [1.54, 1.807) is 25.1 Å². The second-order valence-electron chi connectivity index (χ2n) is 13.3. The molecule has 2 aromatic rings. The Balaban J connectivity index is 1.91. The van der Waals surface area contributed by atoms with E-state index in [1.165, 1.54) is 9.80 Å². The van der Waals surface area contributed by atoms with Crippen LogP contribution >= 0.6 is 0 Å². The molecule has 0 unspecified atom stereocenters. The normalized spacial score (nSPS) is 15.5. The lowest BCUT2D eigenvalue weighted by Crippen LogP contribution is -2.57. The third kappa shape index (κ3) is 14.3. The Morgan fingerprint density at radius 1 is 0.786 bits per heavy atom. The molecular weight excluding hydrogens is 738 g/mol. The molecule has 56 heavy (non-hydrogen) atoms. The first-order chi connectivity index (χ1) is 26.9. The molecule has 1 aliphatic rings. The van der Waals surface area contributed by atoms with Crippen molar-refractivity contribution in [3.05, 3.63) is 34.1 Å². The van der Waals surface area contributed by atoms with E-state index < -0.39 is 36.5 Å². The van der Waals surface area contributed by atoms with E-state index in [1.807, 2.05) is 16.7 Å². The highest BCUT2D eigenvalue weighted by Crippen LogP contribution is 2.28. The predicted molar refractivity (Wildman–Crippen MR) is 200 cm³/mol. The number of carbonyl (C=O) groups excluding carboxylic acids is 5. The summed E-state index contributed by atoms with van der Waals surface area (Å²) in [4.78, 5) is 104. The zero-order chi connectivity index (χ0) is 41.0. The van der Waals surface area contributed by atoms with Gasteiger partial charge in [0.15, 0.2) is 0 Å². The number of H-pyrrole nitrogens is 1. The number of carboxylic acids is 2. The van der Waals surface area contributed by atoms with Crippen molar-refractivity contribution < 1.29 is 58.0 Å². The Morgan fingerprint density at radius 2 is 1.36 bits per heavy atom. The number of rotatable bonds is 27. The Kier molecular flexibility index (Phi) is 18.8. The van der Waals surface area contributed by atoms with Crippen LogP contribution in [0, 0.1) is 6.92 Å². The van der Waals surface area contributed by atoms with Gasteiger partial charge in [-0.05, 0) is 43.9 Å². The fourth-order valence-electron chi connectivity index (χ4n) is 6.84. The van der Waals surface area contributed by atoms with Crippen LogP contribution in [0.4, 0.5) is 11.4 Å². The molecule has 0 saturated heterocycles. The topological polar surface area (TPSA) is 258 Å². The summed E-state index contributed by atoms with van der Waals surface area (Å²) in [5, 5.41) is 25.1. The van der Waals surface area contributed by atoms with Crippen LogP contribution in [-0.2, 0) is 47.8 Å². The summed E-state index contributed by atoms with van der Waals surface area (Å²) in [6.07, 6.45) is 3.66. The Labute approximate surface area is 323 Å². The number of carboxylic acid groups (broad SMARTS) is 2. The summed E-state index contributed by atoms with van der Waals surface area (Å²) in [5.74, 6) is -3.16. The number of aromatic nitrogens is 1. The van der Waals surface area contributed by atoms with Crippen molar-refractivity contribution in [3.63, 3.8) is 0 Å². The van der Waals surface area contributed by atoms with Crippen LogP contribution in [0.3, 0.4) is 0 Å². The van der Waals surface area contributed by atoms with Gasteiger partial charge in [0.1, 0.15) is 25.9 Å². The molecule has 3 rings (SSSR count). The molecule has 1 aromatic heterocycles. The average Bonchev–Trinajstić information content (AvgIpc) is 3.15. The summed E-state index contributed by atoms with van der Waals surface area (Å²) in [7, 11) is 0. The standard InChI is InChI=1S/C36H51N7O13/c1-3-6-31(47)39-35-25(2)27-10-9-26(15-28(27)38-36(35)53)37-32(48)16-42(13-11-40(17-33(49)50)18-34(51)52)29-7-4-5-8-30(29)43(21-56-24-46)14-12-41(19-54-22-44)20-55-23-45/h9-10,15,22-24,29-30H,3-8,11-14,16-21H2,1-2H3,(H,37,48)(H,38,53)(H,39,47)(H,49,50)(H,51,52)/t29-,30-/m0/s1. The Morgan fingerprint density at radius 3 is 1.95 bits per heavy atom. The molecule has 1 aliphatic carbocycles. The van der Waals surface area contributed by atoms with Crippen LogP contribution in [0.15, 0.2) is 23.0 Å². The number of anilines is 2. The van der Waals surface area contributed by atoms with Gasteiger partial charge in [-0.3, -0.25) is 53.1 Å². The smallest absolute Gasteiger partial charge is 0.317 e. The maximum atomic E-state index is 13.8. The SMILES string of the molecule is CCCC(=O)Nc1c(C)c2ccc(NC(=O)CN(CCN(CC(=O)O)CC(=O)O)[C@H]3CCCC[C@@H]3N(CCN(COC=O)COC=O)COC=O)cc2[nH]c1=O. The van der Waals surface area contributed by atoms with Gasteiger partial charge in [0.05, 0.1) is 25.2 Å². The number of benzene rings is 1. The third-order valence-electron chi connectivity index (χ3n) is 9.36. The highest BCUT2D eigenvalue weighted by atomic mass is 16.6. The van der Waals surface area contributed by atoms with Crippen molar-refractivity contribution in [2.24, 2.45) is 0 Å². The molecule has 20 heteroatoms. The second kappa shape index (κ2) is 23.5. The Bertz CT molecular complexity index is 1690. The van der Waals surface area contributed by atoms with Crippen molar-refractivity contribution in [1.29, 1.82) is 0 Å². The average molecular weight is 790 g/mol. The molecule has 0 bridgehead atoms. The van der Waals surface area contributed by atoms with E-state index in [9.17, 15) is 48.6 Å². The fraction of sp³-hybridized carbons (Fsp3) is 0.556. The maximum Gasteiger partial charge on any atom is 0.317 e. The maximum absolute atomic E-state index is 13.8. The van der Waals surface area contributed by atoms with Crippen LogP contribution in [0.2, 0.25) is 0 Å². The molecule has 5 N–H and O–H groups in total. The van der Waals surface area contributed by atoms with Crippen LogP contribution < -0.4 is 16.2 Å². The number of hydrogen-bond acceptors (Lipinski definition) is 15. The highest BCUT2D eigenvalue weighted by molar-refractivity contribution is 5.98. The van der Waals surface area contributed by atoms with E-state index in [0.717, 1.165) is 12.8 Å². The van der Waals surface area contributed by atoms with Crippen LogP contribution in [-0.4, -0.2) is 156 Å². The summed E-state index contributed by atoms with van der Waals surface area (Å²) in [6, 6.07) is 4.30. The number of amides is 2. The number of pyridine rings is 1. The number of fused-ring (bicyclic) bond motifs is 1. The molecule has 0 radical (unpaired) electrons. The van der Waals surface area contributed by atoms with Crippen molar-refractivity contribution >= 4 is 65.4 Å². The van der Waals surface area contributed by atoms with Crippen LogP contribution in [0.25, 0.3) is 10.9 Å². The van der Waals surface area contributed by atoms with Gasteiger partial charge in [0.25, 0.3) is 25.0 Å². The van der Waals surface area contributed by atoms with E-state index in [-0.39, 0.29) is 96.0 Å². The van der Waals surface area contributed by atoms with Crippen molar-refractivity contribution in [1.82, 2.24) is 24.6 Å². The summed E-state index contributed by atoms with van der Waals surface area (Å²) in [6.45, 7) is 3.17. The number of aromatic amines is 1. The van der Waals surface area contributed by atoms with Gasteiger partial charge in [-0.25, -0.2) is 4.90 Å². The van der Waals surface area contributed by atoms with Gasteiger partial charge in [-0.1, -0.05) is 25.8 Å². The molecule has 2 atom stereocenters. The number of hydrogen-bond donors (Lipinski definition) is 5. The lowest BCUT2D eigenvalue weighted by atomic mass is 9.88. The van der Waals surface area contributed by atoms with Crippen molar-refractivity contribution in [3.8, 4) is 0 Å². The molecule has 20 nitrogen and oxygen atoms in total. The minimum atomic E-state index is -1.22. The number of aryl methyl sites for hydroxylation is 1. The van der Waals surface area contributed by atoms with Gasteiger partial charge in [-0.15, -0.1) is 0 Å². The first-order valence-electron chi connectivity index (χ1n) is 18.2. The third-order valence-corrected chi connectivity index (χ3v) is 9.36. The summed E-state index contributed by atoms with van der Waals surface area (Å²) in [5.41, 5.74) is 1.01. The molecule has 0 spiro atoms. The number of nitrogens with one attached hydrogen (secondary N) is 3. The summed E-state index contributed by atoms with van der Waals surface area (Å²) >= 11 is 0. The predicted octanol–water partition coefficient (Wildman–Crippen LogP) is 0.594. The van der Waals surface area contributed by atoms with Crippen LogP contribution in [0.1, 0.15) is 51.0 Å². The number of ether oxygens (including phenoxy) is 3. The first-order valence-corrected chi connectivity index (χ1v) is 18.2. The second-order valence-corrected chi connectivity index (χ2v) is 13.3. The minimum absolute atomic E-state index is 0.00655. The molecule has 1 fully saturated rings. The molecular formula is C36H51N7O13. The van der Waals surface area contributed by atoms with E-state index in [0.29, 0.717) is 47.9 Å². The number of aliphatic carboxylic acids is 2. The molecule has 308 valence electrons. The molecule has 1 aromatic carbocycles. The van der Waals surface area contributed by atoms with E-state index >= 15 is 0 Å². The zero-order valence-corrected chi connectivity index (χ0v) is 31.6. The monoisotopic (exact) mass is 789 g/mol. The first kappa shape index (κ1) is 45.0. The molecule has 0 aliphatic heterocycles. The van der Waals surface area contributed by atoms with E-state index in [4.69, 9.17) is 14.2 Å². The van der Waals surface area contributed by atoms with Crippen molar-refractivity contribution in [2.75, 3.05) is 76.6 Å². The van der Waals surface area contributed by atoms with E-state index in [2.05, 4.69) is 15.6 Å². The highest BCUT2D eigenvalue weighted by Gasteiger charge is 2.36. The van der Waals surface area contributed by atoms with Gasteiger partial charge in [0.2, 0.25) is 11.8 Å². The lowest BCUT2D eigenvalue weighted by molar-refractivity contribution is -0.144. The molecule has 2 amide bonds. The number of carbonyl (C=O) groups is 7. The number of nitrogens with zero attached hydrogens (tertiary/aromatic N) is 4. The molecule has 1 heterocycles. The minimum Gasteiger partial charge on any atom is -0.480 e. The fourth-order valence-corrected chi connectivity index (χ4v) is 6.84. The zero-order valence-electron chi connectivity index (χ0n) is 31.6. The lowest BCUT2D eigenvalue weighted by Gasteiger charge is -2.45. The Hall–Kier alpha value is -5.44. The van der Waals surface area contributed by atoms with Gasteiger partial charge in [0, 0.05) is 55.8 Å². The van der Waals surface area contributed by atoms with Gasteiger partial charge in [-0.2, -0.15) is 0 Å². The van der Waals surface area contributed by atoms with Gasteiger partial charge < -0.3 is 40.0 Å². The summed E-state index contributed by atoms with van der Waals surface area (Å²) < 4.78 is 14.9. The van der Waals surface area contributed by atoms with Gasteiger partial charge >= 0.3 is 11.9 Å². The van der Waals surface area contributed by atoms with Crippen molar-refractivity contribution in [2.45, 2.75) is 64.5 Å². The van der Waals surface area contributed by atoms with Crippen LogP contribution in [0.5, 0.6) is 0 Å².